The lowest BCUT2D eigenvalue weighted by molar-refractivity contribution is 0.559. The zero-order chi connectivity index (χ0) is 29.1. The highest BCUT2D eigenvalue weighted by atomic mass is 16.3. The molecule has 2 aliphatic carbocycles. The van der Waals surface area contributed by atoms with E-state index in [9.17, 15) is 0 Å². The van der Waals surface area contributed by atoms with Crippen LogP contribution in [0.2, 0.25) is 0 Å². The van der Waals surface area contributed by atoms with Crippen molar-refractivity contribution in [2.24, 2.45) is 0 Å². The van der Waals surface area contributed by atoms with Crippen molar-refractivity contribution in [3.8, 4) is 0 Å². The SMILES string of the molecule is CC(C)(C)c1cccc2c1CCC2.CC(C)(C)c1cccc2c1CCCC2.CC(C)(C)c1cccc2ccoc12. The van der Waals surface area contributed by atoms with Crippen molar-refractivity contribution in [3.05, 3.63) is 106 Å². The van der Waals surface area contributed by atoms with Gasteiger partial charge in [-0.05, 0) is 101 Å². The zero-order valence-corrected chi connectivity index (χ0v) is 26.7. The fourth-order valence-electron chi connectivity index (χ4n) is 6.39. The molecular weight excluding hydrogens is 484 g/mol. The predicted molar refractivity (Wildman–Crippen MR) is 174 cm³/mol. The number of furan rings is 1. The fraction of sp³-hybridized carbons (Fsp3) is 0.487. The van der Waals surface area contributed by atoms with Gasteiger partial charge in [0.1, 0.15) is 5.58 Å². The molecular formula is C39H52O. The zero-order valence-electron chi connectivity index (χ0n) is 26.7. The Balaban J connectivity index is 0.000000139. The van der Waals surface area contributed by atoms with Crippen LogP contribution in [0.4, 0.5) is 0 Å². The first-order chi connectivity index (χ1) is 18.8. The third-order valence-corrected chi connectivity index (χ3v) is 8.44. The number of rotatable bonds is 0. The Labute approximate surface area is 244 Å². The molecule has 1 heteroatoms. The van der Waals surface area contributed by atoms with Gasteiger partial charge in [-0.3, -0.25) is 0 Å². The van der Waals surface area contributed by atoms with Gasteiger partial charge < -0.3 is 4.42 Å². The van der Waals surface area contributed by atoms with Crippen molar-refractivity contribution in [3.63, 3.8) is 0 Å². The summed E-state index contributed by atoms with van der Waals surface area (Å²) in [5.41, 5.74) is 12.7. The second kappa shape index (κ2) is 12.0. The van der Waals surface area contributed by atoms with Gasteiger partial charge in [0.25, 0.3) is 0 Å². The molecule has 40 heavy (non-hydrogen) atoms. The van der Waals surface area contributed by atoms with Crippen LogP contribution in [0.1, 0.15) is 121 Å². The van der Waals surface area contributed by atoms with Gasteiger partial charge in [0, 0.05) is 10.9 Å². The quantitative estimate of drug-likeness (QED) is 0.218. The van der Waals surface area contributed by atoms with E-state index in [0.717, 1.165) is 5.58 Å². The minimum absolute atomic E-state index is 0.150. The fourth-order valence-corrected chi connectivity index (χ4v) is 6.39. The highest BCUT2D eigenvalue weighted by Crippen LogP contribution is 2.34. The maximum Gasteiger partial charge on any atom is 0.137 e. The molecule has 1 aromatic heterocycles. The molecule has 0 fully saturated rings. The molecule has 0 aliphatic heterocycles. The van der Waals surface area contributed by atoms with Gasteiger partial charge >= 0.3 is 0 Å². The average Bonchev–Trinajstić information content (AvgIpc) is 3.56. The smallest absolute Gasteiger partial charge is 0.137 e. The Hall–Kier alpha value is -2.80. The summed E-state index contributed by atoms with van der Waals surface area (Å²) in [7, 11) is 0. The van der Waals surface area contributed by atoms with E-state index in [1.54, 1.807) is 39.6 Å². The van der Waals surface area contributed by atoms with Crippen molar-refractivity contribution in [1.82, 2.24) is 0 Å². The van der Waals surface area contributed by atoms with Crippen LogP contribution in [0.3, 0.4) is 0 Å². The van der Waals surface area contributed by atoms with E-state index in [1.807, 2.05) is 6.07 Å². The summed E-state index contributed by atoms with van der Waals surface area (Å²) in [5, 5.41) is 1.19. The Morgan fingerprint density at radius 2 is 0.925 bits per heavy atom. The molecule has 0 saturated carbocycles. The monoisotopic (exact) mass is 536 g/mol. The van der Waals surface area contributed by atoms with Gasteiger partial charge in [-0.2, -0.15) is 0 Å². The van der Waals surface area contributed by atoms with Gasteiger partial charge in [-0.25, -0.2) is 0 Å². The number of hydrogen-bond donors (Lipinski definition) is 0. The molecule has 4 aromatic rings. The summed E-state index contributed by atoms with van der Waals surface area (Å²) >= 11 is 0. The molecule has 0 atom stereocenters. The summed E-state index contributed by atoms with van der Waals surface area (Å²) in [6.45, 7) is 20.5. The van der Waals surface area contributed by atoms with E-state index in [0.29, 0.717) is 10.8 Å². The van der Waals surface area contributed by atoms with Crippen molar-refractivity contribution < 1.29 is 4.42 Å². The van der Waals surface area contributed by atoms with E-state index in [-0.39, 0.29) is 5.41 Å². The molecule has 0 saturated heterocycles. The van der Waals surface area contributed by atoms with Crippen LogP contribution in [-0.4, -0.2) is 0 Å². The lowest BCUT2D eigenvalue weighted by Crippen LogP contribution is -2.17. The van der Waals surface area contributed by atoms with Gasteiger partial charge in [0.15, 0.2) is 0 Å². The second-order valence-electron chi connectivity index (χ2n) is 14.8. The second-order valence-corrected chi connectivity index (χ2v) is 14.8. The number of aryl methyl sites for hydroxylation is 2. The molecule has 214 valence electrons. The topological polar surface area (TPSA) is 13.1 Å². The van der Waals surface area contributed by atoms with Crippen molar-refractivity contribution in [2.75, 3.05) is 0 Å². The van der Waals surface area contributed by atoms with Crippen LogP contribution < -0.4 is 0 Å². The van der Waals surface area contributed by atoms with Gasteiger partial charge in [-0.15, -0.1) is 0 Å². The molecule has 3 aromatic carbocycles. The summed E-state index contributed by atoms with van der Waals surface area (Å²) in [6.07, 6.45) is 11.0. The number of para-hydroxylation sites is 1. The summed E-state index contributed by atoms with van der Waals surface area (Å²) in [5.74, 6) is 0. The maximum atomic E-state index is 5.48. The van der Waals surface area contributed by atoms with Crippen LogP contribution in [0.5, 0.6) is 0 Å². The van der Waals surface area contributed by atoms with Crippen LogP contribution >= 0.6 is 0 Å². The standard InChI is InChI=1S/C14H20.C13H18.C12H14O/c1-14(2,3)13-10-6-8-11-7-4-5-9-12(11)13;1-13(2,3)12-9-5-7-10-6-4-8-11(10)12;1-12(2,3)10-6-4-5-9-7-8-13-11(9)10/h6,8,10H,4-5,7,9H2,1-3H3;5,7,9H,4,6,8H2,1-3H3;4-8H,1-3H3. The Bertz CT molecular complexity index is 1410. The first-order valence-corrected chi connectivity index (χ1v) is 15.5. The largest absolute Gasteiger partial charge is 0.464 e. The lowest BCUT2D eigenvalue weighted by atomic mass is 9.78. The lowest BCUT2D eigenvalue weighted by Gasteiger charge is -2.27. The molecule has 2 aliphatic rings. The van der Waals surface area contributed by atoms with E-state index in [4.69, 9.17) is 4.42 Å². The minimum Gasteiger partial charge on any atom is -0.464 e. The molecule has 0 bridgehead atoms. The molecule has 1 heterocycles. The normalized spacial score (nSPS) is 14.9. The van der Waals surface area contributed by atoms with Crippen molar-refractivity contribution in [2.45, 2.75) is 124 Å². The van der Waals surface area contributed by atoms with Crippen LogP contribution in [0.15, 0.2) is 71.3 Å². The van der Waals surface area contributed by atoms with E-state index < -0.39 is 0 Å². The first-order valence-electron chi connectivity index (χ1n) is 15.5. The molecule has 0 N–H and O–H groups in total. The highest BCUT2D eigenvalue weighted by Gasteiger charge is 2.23. The molecule has 0 radical (unpaired) electrons. The van der Waals surface area contributed by atoms with E-state index in [1.165, 1.54) is 55.9 Å². The van der Waals surface area contributed by atoms with Crippen molar-refractivity contribution >= 4 is 11.0 Å². The third kappa shape index (κ3) is 7.09. The summed E-state index contributed by atoms with van der Waals surface area (Å²) in [6, 6.07) is 21.9. The summed E-state index contributed by atoms with van der Waals surface area (Å²) < 4.78 is 5.48. The Morgan fingerprint density at radius 3 is 1.48 bits per heavy atom. The predicted octanol–water partition coefficient (Wildman–Crippen LogP) is 11.1. The van der Waals surface area contributed by atoms with Crippen LogP contribution in [0.25, 0.3) is 11.0 Å². The highest BCUT2D eigenvalue weighted by molar-refractivity contribution is 5.81. The molecule has 0 spiro atoms. The summed E-state index contributed by atoms with van der Waals surface area (Å²) in [4.78, 5) is 0. The number of benzene rings is 3. The van der Waals surface area contributed by atoms with E-state index >= 15 is 0 Å². The van der Waals surface area contributed by atoms with Crippen LogP contribution in [-0.2, 0) is 41.9 Å². The first kappa shape index (κ1) is 30.2. The van der Waals surface area contributed by atoms with Gasteiger partial charge in [-0.1, -0.05) is 117 Å². The number of hydrogen-bond acceptors (Lipinski definition) is 1. The van der Waals surface area contributed by atoms with Crippen LogP contribution in [0, 0.1) is 0 Å². The maximum absolute atomic E-state index is 5.48. The van der Waals surface area contributed by atoms with Gasteiger partial charge in [0.05, 0.1) is 6.26 Å². The molecule has 0 unspecified atom stereocenters. The third-order valence-electron chi connectivity index (χ3n) is 8.44. The Kier molecular flexibility index (Phi) is 9.03. The number of fused-ring (bicyclic) bond motifs is 3. The molecule has 0 amide bonds. The van der Waals surface area contributed by atoms with Gasteiger partial charge in [0.2, 0.25) is 0 Å². The van der Waals surface area contributed by atoms with Crippen molar-refractivity contribution in [1.29, 1.82) is 0 Å². The molecule has 6 rings (SSSR count). The minimum atomic E-state index is 0.150. The Morgan fingerprint density at radius 1 is 0.475 bits per heavy atom. The van der Waals surface area contributed by atoms with E-state index in [2.05, 4.69) is 117 Å². The average molecular weight is 537 g/mol. The molecule has 1 nitrogen and oxygen atoms in total.